The lowest BCUT2D eigenvalue weighted by Gasteiger charge is -2.37. The number of carbonyl (C=O) groups is 1. The number of hydrogen-bond acceptors (Lipinski definition) is 4. The van der Waals surface area contributed by atoms with E-state index in [1.807, 2.05) is 6.92 Å². The molecule has 0 radical (unpaired) electrons. The van der Waals surface area contributed by atoms with E-state index in [1.165, 1.54) is 0 Å². The molecule has 0 heterocycles. The molecule has 0 spiro atoms. The van der Waals surface area contributed by atoms with E-state index in [4.69, 9.17) is 13.9 Å². The third-order valence-corrected chi connectivity index (χ3v) is 9.37. The van der Waals surface area contributed by atoms with Gasteiger partial charge in [-0.15, -0.1) is 0 Å². The van der Waals surface area contributed by atoms with Crippen molar-refractivity contribution in [3.63, 3.8) is 0 Å². The van der Waals surface area contributed by atoms with Crippen LogP contribution in [0.25, 0.3) is 0 Å². The fourth-order valence-corrected chi connectivity index (χ4v) is 3.64. The van der Waals surface area contributed by atoms with E-state index in [0.717, 1.165) is 11.8 Å². The second-order valence-corrected chi connectivity index (χ2v) is 12.2. The van der Waals surface area contributed by atoms with Crippen molar-refractivity contribution in [2.45, 2.75) is 45.8 Å². The van der Waals surface area contributed by atoms with Gasteiger partial charge in [-0.3, -0.25) is 4.79 Å². The Balaban J connectivity index is 3.63. The molecular weight excluding hydrogens is 364 g/mol. The molecule has 0 fully saturated rings. The molecule has 0 aliphatic heterocycles. The summed E-state index contributed by atoms with van der Waals surface area (Å²) in [5.74, 6) is 1.63. The van der Waals surface area contributed by atoms with Gasteiger partial charge in [0.25, 0.3) is 8.32 Å². The van der Waals surface area contributed by atoms with Gasteiger partial charge in [0.1, 0.15) is 5.75 Å². The van der Waals surface area contributed by atoms with Gasteiger partial charge in [-0.1, -0.05) is 20.8 Å². The number of hydrogen-bond donors (Lipinski definition) is 0. The predicted molar refractivity (Wildman–Crippen MR) is 95.2 cm³/mol. The standard InChI is InChI=1S/C16H25BrO4Si/c1-10-13(19-5)12(17)11(9-18)15(14(10)20-6)21-22(7,8)16(2,3)4/h9H,1-8H3. The Hall–Kier alpha value is -1.01. The molecule has 0 amide bonds. The lowest BCUT2D eigenvalue weighted by Crippen LogP contribution is -2.44. The molecule has 0 aliphatic carbocycles. The second kappa shape index (κ2) is 6.62. The molecule has 0 N–H and O–H groups in total. The Morgan fingerprint density at radius 2 is 1.55 bits per heavy atom. The van der Waals surface area contributed by atoms with E-state index in [9.17, 15) is 4.79 Å². The van der Waals surface area contributed by atoms with Gasteiger partial charge in [-0.05, 0) is 41.0 Å². The van der Waals surface area contributed by atoms with Crippen LogP contribution in [-0.4, -0.2) is 28.8 Å². The van der Waals surface area contributed by atoms with Crippen LogP contribution in [0.5, 0.6) is 17.2 Å². The van der Waals surface area contributed by atoms with Gasteiger partial charge in [0.15, 0.2) is 17.8 Å². The van der Waals surface area contributed by atoms with Crippen molar-refractivity contribution in [2.24, 2.45) is 0 Å². The summed E-state index contributed by atoms with van der Waals surface area (Å²) in [5, 5.41) is 0.0124. The lowest BCUT2D eigenvalue weighted by atomic mass is 10.1. The molecule has 0 aromatic heterocycles. The van der Waals surface area contributed by atoms with E-state index in [1.54, 1.807) is 14.2 Å². The Kier molecular flexibility index (Phi) is 5.73. The van der Waals surface area contributed by atoms with Gasteiger partial charge < -0.3 is 13.9 Å². The molecule has 124 valence electrons. The highest BCUT2D eigenvalue weighted by atomic mass is 79.9. The van der Waals surface area contributed by atoms with Gasteiger partial charge in [0, 0.05) is 5.56 Å². The van der Waals surface area contributed by atoms with Gasteiger partial charge in [0.05, 0.1) is 24.3 Å². The van der Waals surface area contributed by atoms with Gasteiger partial charge in [-0.2, -0.15) is 0 Å². The molecule has 0 aliphatic rings. The van der Waals surface area contributed by atoms with Crippen LogP contribution in [0.1, 0.15) is 36.7 Å². The molecule has 0 unspecified atom stereocenters. The summed E-state index contributed by atoms with van der Waals surface area (Å²) in [7, 11) is 1.02. The summed E-state index contributed by atoms with van der Waals surface area (Å²) in [5.41, 5.74) is 1.22. The zero-order chi connectivity index (χ0) is 17.3. The summed E-state index contributed by atoms with van der Waals surface area (Å²) >= 11 is 3.45. The maximum absolute atomic E-state index is 11.6. The van der Waals surface area contributed by atoms with Crippen LogP contribution in [0.2, 0.25) is 18.1 Å². The normalized spacial score (nSPS) is 12.0. The molecule has 4 nitrogen and oxygen atoms in total. The molecule has 22 heavy (non-hydrogen) atoms. The average molecular weight is 389 g/mol. The number of aldehydes is 1. The van der Waals surface area contributed by atoms with Crippen LogP contribution in [-0.2, 0) is 0 Å². The molecule has 0 saturated carbocycles. The molecule has 1 rings (SSSR count). The van der Waals surface area contributed by atoms with Crippen LogP contribution in [0.4, 0.5) is 0 Å². The van der Waals surface area contributed by atoms with E-state index in [2.05, 4.69) is 49.8 Å². The first-order valence-corrected chi connectivity index (χ1v) is 10.8. The zero-order valence-electron chi connectivity index (χ0n) is 14.6. The quantitative estimate of drug-likeness (QED) is 0.527. The highest BCUT2D eigenvalue weighted by molar-refractivity contribution is 9.10. The molecule has 1 aromatic rings. The summed E-state index contributed by atoms with van der Waals surface area (Å²) < 4.78 is 17.9. The van der Waals surface area contributed by atoms with Crippen LogP contribution in [0.3, 0.4) is 0 Å². The Bertz CT molecular complexity index is 577. The number of benzene rings is 1. The van der Waals surface area contributed by atoms with Crippen LogP contribution >= 0.6 is 15.9 Å². The summed E-state index contributed by atoms with van der Waals surface area (Å²) in [4.78, 5) is 11.6. The smallest absolute Gasteiger partial charge is 0.250 e. The van der Waals surface area contributed by atoms with Crippen molar-refractivity contribution >= 4 is 30.5 Å². The average Bonchev–Trinajstić information content (AvgIpc) is 2.38. The Morgan fingerprint density at radius 3 is 1.91 bits per heavy atom. The molecule has 0 saturated heterocycles. The maximum Gasteiger partial charge on any atom is 0.250 e. The summed E-state index contributed by atoms with van der Waals surface area (Å²) in [6.07, 6.45) is 0.775. The molecule has 0 atom stereocenters. The molecule has 6 heteroatoms. The first-order valence-electron chi connectivity index (χ1n) is 7.10. The molecule has 0 bridgehead atoms. The predicted octanol–water partition coefficient (Wildman–Crippen LogP) is 4.97. The number of carbonyl (C=O) groups excluding carboxylic acids is 1. The lowest BCUT2D eigenvalue weighted by molar-refractivity contribution is 0.112. The van der Waals surface area contributed by atoms with Crippen molar-refractivity contribution in [1.82, 2.24) is 0 Å². The highest BCUT2D eigenvalue weighted by Crippen LogP contribution is 2.48. The number of methoxy groups -OCH3 is 2. The minimum atomic E-state index is -2.12. The fraction of sp³-hybridized carbons (Fsp3) is 0.562. The van der Waals surface area contributed by atoms with Crippen LogP contribution in [0, 0.1) is 6.92 Å². The summed E-state index contributed by atoms with van der Waals surface area (Å²) in [6, 6.07) is 0. The number of ether oxygens (including phenoxy) is 2. The third-order valence-electron chi connectivity index (χ3n) is 4.26. The van der Waals surface area contributed by atoms with Gasteiger partial charge in [-0.25, -0.2) is 0 Å². The van der Waals surface area contributed by atoms with Gasteiger partial charge in [0.2, 0.25) is 0 Å². The van der Waals surface area contributed by atoms with Gasteiger partial charge >= 0.3 is 0 Å². The Labute approximate surface area is 142 Å². The van der Waals surface area contributed by atoms with Crippen molar-refractivity contribution in [3.8, 4) is 17.2 Å². The number of rotatable bonds is 5. The van der Waals surface area contributed by atoms with Crippen LogP contribution < -0.4 is 13.9 Å². The first kappa shape index (κ1) is 19.0. The minimum absolute atomic E-state index is 0.0124. The van der Waals surface area contributed by atoms with Crippen molar-refractivity contribution in [3.05, 3.63) is 15.6 Å². The SMILES string of the molecule is COc1c(C)c(OC)c(O[Si](C)(C)C(C)(C)C)c(C=O)c1Br. The fourth-order valence-electron chi connectivity index (χ4n) is 1.89. The van der Waals surface area contributed by atoms with Crippen molar-refractivity contribution in [1.29, 1.82) is 0 Å². The van der Waals surface area contributed by atoms with E-state index < -0.39 is 8.32 Å². The monoisotopic (exact) mass is 388 g/mol. The zero-order valence-corrected chi connectivity index (χ0v) is 17.2. The molecule has 1 aromatic carbocycles. The second-order valence-electron chi connectivity index (χ2n) is 6.73. The largest absolute Gasteiger partial charge is 0.541 e. The van der Waals surface area contributed by atoms with Crippen LogP contribution in [0.15, 0.2) is 4.47 Å². The molecular formula is C16H25BrO4Si. The van der Waals surface area contributed by atoms with Crippen molar-refractivity contribution in [2.75, 3.05) is 14.2 Å². The highest BCUT2D eigenvalue weighted by Gasteiger charge is 2.40. The minimum Gasteiger partial charge on any atom is -0.541 e. The van der Waals surface area contributed by atoms with E-state index in [-0.39, 0.29) is 5.04 Å². The third kappa shape index (κ3) is 3.32. The first-order chi connectivity index (χ1) is 10.0. The maximum atomic E-state index is 11.6. The van der Waals surface area contributed by atoms with E-state index in [0.29, 0.717) is 27.3 Å². The number of halogens is 1. The van der Waals surface area contributed by atoms with Crippen molar-refractivity contribution < 1.29 is 18.7 Å². The topological polar surface area (TPSA) is 44.8 Å². The Morgan fingerprint density at radius 1 is 1.05 bits per heavy atom. The van der Waals surface area contributed by atoms with E-state index >= 15 is 0 Å². The summed E-state index contributed by atoms with van der Waals surface area (Å²) in [6.45, 7) is 12.6.